The second kappa shape index (κ2) is 16.6. The maximum Gasteiger partial charge on any atom is 0.345 e. The number of halogens is 2. The first-order valence-electron chi connectivity index (χ1n) is 12.3. The number of rotatable bonds is 15. The lowest BCUT2D eigenvalue weighted by Crippen LogP contribution is -2.34. The van der Waals surface area contributed by atoms with Gasteiger partial charge in [-0.05, 0) is 48.4 Å². The summed E-state index contributed by atoms with van der Waals surface area (Å²) in [6.07, 6.45) is 9.70. The number of unbranched alkanes of at least 4 members (excludes halogenated alkanes) is 6. The maximum absolute atomic E-state index is 12.5. The third-order valence-electron chi connectivity index (χ3n) is 5.40. The van der Waals surface area contributed by atoms with Crippen LogP contribution in [0.15, 0.2) is 41.5 Å². The second-order valence-corrected chi connectivity index (χ2v) is 9.21. The van der Waals surface area contributed by atoms with Crippen molar-refractivity contribution in [1.29, 1.82) is 0 Å². The number of hydrogen-bond acceptors (Lipinski definition) is 6. The Labute approximate surface area is 227 Å². The molecule has 2 aromatic carbocycles. The fourth-order valence-corrected chi connectivity index (χ4v) is 3.87. The van der Waals surface area contributed by atoms with E-state index in [1.807, 2.05) is 0 Å². The van der Waals surface area contributed by atoms with E-state index >= 15 is 0 Å². The van der Waals surface area contributed by atoms with E-state index in [2.05, 4.69) is 22.8 Å². The summed E-state index contributed by atoms with van der Waals surface area (Å²) >= 11 is 11.9. The molecule has 10 heteroatoms. The highest BCUT2D eigenvalue weighted by Crippen LogP contribution is 2.30. The van der Waals surface area contributed by atoms with Gasteiger partial charge in [-0.1, -0.05) is 68.7 Å². The predicted molar refractivity (Wildman–Crippen MR) is 146 cm³/mol. The van der Waals surface area contributed by atoms with Gasteiger partial charge in [-0.25, -0.2) is 10.2 Å². The Bertz CT molecular complexity index is 1090. The van der Waals surface area contributed by atoms with Crippen molar-refractivity contribution in [3.63, 3.8) is 0 Å². The van der Waals surface area contributed by atoms with Crippen LogP contribution in [0.3, 0.4) is 0 Å². The molecule has 0 radical (unpaired) electrons. The Morgan fingerprint density at radius 3 is 2.35 bits per heavy atom. The molecule has 0 aliphatic heterocycles. The van der Waals surface area contributed by atoms with Crippen molar-refractivity contribution in [2.24, 2.45) is 5.10 Å². The zero-order valence-corrected chi connectivity index (χ0v) is 22.7. The molecular weight excluding hydrogens is 517 g/mol. The van der Waals surface area contributed by atoms with Crippen LogP contribution in [-0.2, 0) is 9.59 Å². The number of esters is 1. The largest absolute Gasteiger partial charge is 0.493 e. The van der Waals surface area contributed by atoms with Crippen LogP contribution in [0.25, 0.3) is 0 Å². The van der Waals surface area contributed by atoms with Crippen molar-refractivity contribution < 1.29 is 23.9 Å². The van der Waals surface area contributed by atoms with Gasteiger partial charge in [0.2, 0.25) is 5.91 Å². The molecule has 0 aliphatic carbocycles. The fourth-order valence-electron chi connectivity index (χ4n) is 3.39. The Balaban J connectivity index is 1.77. The van der Waals surface area contributed by atoms with Crippen LogP contribution in [0.1, 0.15) is 74.2 Å². The molecule has 0 saturated heterocycles. The number of carbonyl (C=O) groups excluding carboxylic acids is 3. The number of ether oxygens (including phenoxy) is 2. The zero-order valence-electron chi connectivity index (χ0n) is 21.1. The molecule has 2 aromatic rings. The Hall–Kier alpha value is -3.10. The van der Waals surface area contributed by atoms with Crippen LogP contribution >= 0.6 is 23.2 Å². The molecular formula is C27H33Cl2N3O5. The van der Waals surface area contributed by atoms with Crippen molar-refractivity contribution in [3.8, 4) is 11.5 Å². The van der Waals surface area contributed by atoms with Gasteiger partial charge in [0.05, 0.1) is 30.5 Å². The first-order chi connectivity index (χ1) is 17.8. The van der Waals surface area contributed by atoms with Crippen LogP contribution in [0.2, 0.25) is 10.0 Å². The van der Waals surface area contributed by atoms with Gasteiger partial charge in [-0.15, -0.1) is 0 Å². The Kier molecular flexibility index (Phi) is 13.5. The minimum absolute atomic E-state index is 0.151. The Morgan fingerprint density at radius 2 is 1.65 bits per heavy atom. The molecule has 2 N–H and O–H groups in total. The minimum atomic E-state index is -0.664. The number of amides is 2. The lowest BCUT2D eigenvalue weighted by Gasteiger charge is -2.10. The van der Waals surface area contributed by atoms with Crippen molar-refractivity contribution in [2.75, 3.05) is 13.7 Å². The van der Waals surface area contributed by atoms with Crippen LogP contribution in [0.4, 0.5) is 0 Å². The average molecular weight is 550 g/mol. The number of benzene rings is 2. The number of methoxy groups -OCH3 is 1. The van der Waals surface area contributed by atoms with Gasteiger partial charge in [-0.3, -0.25) is 9.59 Å². The predicted octanol–water partition coefficient (Wildman–Crippen LogP) is 5.93. The van der Waals surface area contributed by atoms with E-state index in [0.717, 1.165) is 19.3 Å². The normalized spacial score (nSPS) is 10.8. The summed E-state index contributed by atoms with van der Waals surface area (Å²) in [5.74, 6) is -0.790. The van der Waals surface area contributed by atoms with E-state index in [4.69, 9.17) is 32.7 Å². The topological polar surface area (TPSA) is 106 Å². The van der Waals surface area contributed by atoms with Gasteiger partial charge in [0.25, 0.3) is 5.91 Å². The molecule has 8 nitrogen and oxygen atoms in total. The van der Waals surface area contributed by atoms with Crippen molar-refractivity contribution in [2.45, 2.75) is 58.3 Å². The molecule has 0 bridgehead atoms. The molecule has 0 unspecified atom stereocenters. The molecule has 0 aromatic heterocycles. The maximum atomic E-state index is 12.5. The van der Waals surface area contributed by atoms with Crippen LogP contribution < -0.4 is 20.2 Å². The zero-order chi connectivity index (χ0) is 27.0. The van der Waals surface area contributed by atoms with Gasteiger partial charge < -0.3 is 14.8 Å². The van der Waals surface area contributed by atoms with Crippen molar-refractivity contribution in [3.05, 3.63) is 57.6 Å². The first-order valence-corrected chi connectivity index (χ1v) is 13.0. The van der Waals surface area contributed by atoms with Crippen LogP contribution in [-0.4, -0.2) is 37.7 Å². The molecule has 0 atom stereocenters. The third-order valence-corrected chi connectivity index (χ3v) is 5.95. The van der Waals surface area contributed by atoms with Crippen LogP contribution in [0, 0.1) is 0 Å². The molecule has 0 aliphatic rings. The second-order valence-electron chi connectivity index (χ2n) is 8.37. The molecule has 0 fully saturated rings. The van der Waals surface area contributed by atoms with Gasteiger partial charge in [0.15, 0.2) is 11.5 Å². The number of carbonyl (C=O) groups is 3. The summed E-state index contributed by atoms with van der Waals surface area (Å²) < 4.78 is 10.7. The molecule has 200 valence electrons. The Morgan fingerprint density at radius 1 is 0.919 bits per heavy atom. The highest BCUT2D eigenvalue weighted by atomic mass is 35.5. The lowest BCUT2D eigenvalue weighted by molar-refractivity contribution is -0.126. The smallest absolute Gasteiger partial charge is 0.345 e. The summed E-state index contributed by atoms with van der Waals surface area (Å²) in [7, 11) is 1.43. The van der Waals surface area contributed by atoms with E-state index in [1.54, 1.807) is 12.1 Å². The molecule has 0 saturated carbocycles. The summed E-state index contributed by atoms with van der Waals surface area (Å²) in [5.41, 5.74) is 3.11. The molecule has 0 heterocycles. The van der Waals surface area contributed by atoms with Gasteiger partial charge in [-0.2, -0.15) is 5.10 Å². The summed E-state index contributed by atoms with van der Waals surface area (Å²) in [4.78, 5) is 36.3. The SMILES string of the molecule is CCCCCCCCCC(=O)NCC(=O)NN=Cc1ccc(OC(=O)c2ccc(Cl)cc2Cl)c(OC)c1. The van der Waals surface area contributed by atoms with Crippen LogP contribution in [0.5, 0.6) is 11.5 Å². The van der Waals surface area contributed by atoms with E-state index in [0.29, 0.717) is 17.0 Å². The molecule has 37 heavy (non-hydrogen) atoms. The highest BCUT2D eigenvalue weighted by molar-refractivity contribution is 6.36. The lowest BCUT2D eigenvalue weighted by atomic mass is 10.1. The standard InChI is InChI=1S/C27H33Cl2N3O5/c1-3-4-5-6-7-8-9-10-25(33)30-18-26(34)32-31-17-19-11-14-23(24(15-19)36-2)37-27(35)21-13-12-20(28)16-22(21)29/h11-17H,3-10,18H2,1-2H3,(H,30,33)(H,32,34). The van der Waals surface area contributed by atoms with Gasteiger partial charge >= 0.3 is 5.97 Å². The van der Waals surface area contributed by atoms with E-state index < -0.39 is 11.9 Å². The van der Waals surface area contributed by atoms with Crippen molar-refractivity contribution in [1.82, 2.24) is 10.7 Å². The summed E-state index contributed by atoms with van der Waals surface area (Å²) in [6, 6.07) is 9.22. The van der Waals surface area contributed by atoms with Gasteiger partial charge in [0, 0.05) is 11.4 Å². The highest BCUT2D eigenvalue weighted by Gasteiger charge is 2.16. The summed E-state index contributed by atoms with van der Waals surface area (Å²) in [6.45, 7) is 2.03. The van der Waals surface area contributed by atoms with E-state index in [9.17, 15) is 14.4 Å². The third kappa shape index (κ3) is 11.2. The molecule has 2 amide bonds. The number of nitrogens with zero attached hydrogens (tertiary/aromatic N) is 1. The molecule has 2 rings (SSSR count). The molecule has 0 spiro atoms. The van der Waals surface area contributed by atoms with Gasteiger partial charge in [0.1, 0.15) is 0 Å². The van der Waals surface area contributed by atoms with Crippen molar-refractivity contribution >= 4 is 47.2 Å². The summed E-state index contributed by atoms with van der Waals surface area (Å²) in [5, 5.41) is 7.07. The quantitative estimate of drug-likeness (QED) is 0.0941. The number of nitrogens with one attached hydrogen (secondary N) is 2. The van der Waals surface area contributed by atoms with E-state index in [1.165, 1.54) is 63.3 Å². The fraction of sp³-hybridized carbons (Fsp3) is 0.407. The minimum Gasteiger partial charge on any atom is -0.493 e. The average Bonchev–Trinajstić information content (AvgIpc) is 2.87. The first kappa shape index (κ1) is 30.1. The number of hydrazone groups is 1. The number of hydrogen-bond donors (Lipinski definition) is 2. The van der Waals surface area contributed by atoms with E-state index in [-0.39, 0.29) is 34.5 Å². The monoisotopic (exact) mass is 549 g/mol.